The molecular weight excluding hydrogens is 238 g/mol. The highest BCUT2D eigenvalue weighted by atomic mass is 16.5. The second-order valence-corrected chi connectivity index (χ2v) is 5.36. The third-order valence-electron chi connectivity index (χ3n) is 4.20. The number of nitrogens with two attached hydrogens (primary N) is 1. The van der Waals surface area contributed by atoms with Crippen LogP contribution in [0.3, 0.4) is 0 Å². The molecule has 4 heteroatoms. The molecule has 1 aromatic rings. The zero-order valence-corrected chi connectivity index (χ0v) is 11.9. The zero-order chi connectivity index (χ0) is 13.8. The lowest BCUT2D eigenvalue weighted by Gasteiger charge is -2.22. The second kappa shape index (κ2) is 6.12. The van der Waals surface area contributed by atoms with Gasteiger partial charge in [-0.15, -0.1) is 0 Å². The van der Waals surface area contributed by atoms with Crippen molar-refractivity contribution >= 4 is 5.82 Å². The van der Waals surface area contributed by atoms with Crippen molar-refractivity contribution in [1.82, 2.24) is 4.57 Å². The van der Waals surface area contributed by atoms with E-state index in [1.807, 2.05) is 18.4 Å². The van der Waals surface area contributed by atoms with E-state index in [9.17, 15) is 0 Å². The molecule has 104 valence electrons. The lowest BCUT2D eigenvalue weighted by atomic mass is 9.98. The molecule has 0 radical (unpaired) electrons. The Hall–Kier alpha value is -1.47. The Morgan fingerprint density at radius 2 is 2.00 bits per heavy atom. The molecule has 0 amide bonds. The summed E-state index contributed by atoms with van der Waals surface area (Å²) in [4.78, 5) is 0. The molecule has 4 nitrogen and oxygen atoms in total. The Morgan fingerprint density at radius 3 is 2.58 bits per heavy atom. The summed E-state index contributed by atoms with van der Waals surface area (Å²) >= 11 is 0. The van der Waals surface area contributed by atoms with Gasteiger partial charge >= 0.3 is 0 Å². The smallest absolute Gasteiger partial charge is 0.122 e. The first-order valence-electron chi connectivity index (χ1n) is 7.12. The van der Waals surface area contributed by atoms with E-state index in [1.54, 1.807) is 0 Å². The molecule has 0 atom stereocenters. The third kappa shape index (κ3) is 2.93. The van der Waals surface area contributed by atoms with Gasteiger partial charge in [0.15, 0.2) is 0 Å². The van der Waals surface area contributed by atoms with Crippen LogP contribution in [0.2, 0.25) is 0 Å². The van der Waals surface area contributed by atoms with Gasteiger partial charge < -0.3 is 15.0 Å². The van der Waals surface area contributed by atoms with E-state index in [0.717, 1.165) is 17.8 Å². The molecule has 2 rings (SSSR count). The zero-order valence-electron chi connectivity index (χ0n) is 11.9. The number of hydrogen-bond donors (Lipinski definition) is 1. The van der Waals surface area contributed by atoms with Gasteiger partial charge in [0.25, 0.3) is 0 Å². The fourth-order valence-electron chi connectivity index (χ4n) is 2.86. The SMILES string of the molecule is Cc1c(C#N)c(N)n(CCOC2CCCCC2)c1C. The number of rotatable bonds is 4. The molecule has 19 heavy (non-hydrogen) atoms. The Labute approximate surface area is 115 Å². The quantitative estimate of drug-likeness (QED) is 0.906. The molecule has 0 bridgehead atoms. The predicted octanol–water partition coefficient (Wildman–Crippen LogP) is 2.91. The van der Waals surface area contributed by atoms with Crippen molar-refractivity contribution in [2.24, 2.45) is 0 Å². The molecule has 0 saturated heterocycles. The van der Waals surface area contributed by atoms with E-state index in [1.165, 1.54) is 32.1 Å². The number of aromatic nitrogens is 1. The van der Waals surface area contributed by atoms with Crippen LogP contribution in [0.25, 0.3) is 0 Å². The van der Waals surface area contributed by atoms with Crippen molar-refractivity contribution in [2.45, 2.75) is 58.6 Å². The van der Waals surface area contributed by atoms with Crippen LogP contribution in [0.4, 0.5) is 5.82 Å². The molecule has 1 heterocycles. The number of nitrogen functional groups attached to an aromatic ring is 1. The maximum absolute atomic E-state index is 9.09. The molecule has 1 aliphatic carbocycles. The summed E-state index contributed by atoms with van der Waals surface area (Å²) < 4.78 is 7.92. The van der Waals surface area contributed by atoms with Gasteiger partial charge in [-0.1, -0.05) is 19.3 Å². The summed E-state index contributed by atoms with van der Waals surface area (Å²) in [5.74, 6) is 0.574. The molecule has 2 N–H and O–H groups in total. The molecule has 1 fully saturated rings. The molecule has 1 aromatic heterocycles. The summed E-state index contributed by atoms with van der Waals surface area (Å²) in [6.45, 7) is 5.36. The van der Waals surface area contributed by atoms with Gasteiger partial charge in [0.05, 0.1) is 18.3 Å². The topological polar surface area (TPSA) is 64.0 Å². The molecule has 0 aliphatic heterocycles. The lowest BCUT2D eigenvalue weighted by Crippen LogP contribution is -2.20. The highest BCUT2D eigenvalue weighted by molar-refractivity contribution is 5.57. The van der Waals surface area contributed by atoms with Gasteiger partial charge in [-0.3, -0.25) is 0 Å². The summed E-state index contributed by atoms with van der Waals surface area (Å²) in [6, 6.07) is 2.18. The van der Waals surface area contributed by atoms with E-state index >= 15 is 0 Å². The molecule has 1 saturated carbocycles. The van der Waals surface area contributed by atoms with Crippen LogP contribution in [-0.2, 0) is 11.3 Å². The van der Waals surface area contributed by atoms with Crippen molar-refractivity contribution in [1.29, 1.82) is 5.26 Å². The molecule has 0 spiro atoms. The second-order valence-electron chi connectivity index (χ2n) is 5.36. The summed E-state index contributed by atoms with van der Waals surface area (Å²) in [6.07, 6.45) is 6.70. The Morgan fingerprint density at radius 1 is 1.32 bits per heavy atom. The van der Waals surface area contributed by atoms with Gasteiger partial charge in [0.1, 0.15) is 11.9 Å². The Bertz CT molecular complexity index is 479. The number of ether oxygens (including phenoxy) is 1. The molecule has 1 aliphatic rings. The standard InChI is InChI=1S/C15H23N3O/c1-11-12(2)18(15(17)14(11)10-16)8-9-19-13-6-4-3-5-7-13/h13H,3-9,17H2,1-2H3. The maximum Gasteiger partial charge on any atom is 0.122 e. The van der Waals surface area contributed by atoms with Gasteiger partial charge in [-0.2, -0.15) is 5.26 Å². The summed E-state index contributed by atoms with van der Waals surface area (Å²) in [5.41, 5.74) is 8.68. The van der Waals surface area contributed by atoms with Crippen LogP contribution in [0, 0.1) is 25.2 Å². The first-order valence-corrected chi connectivity index (χ1v) is 7.12. The normalized spacial score (nSPS) is 16.5. The number of anilines is 1. The monoisotopic (exact) mass is 261 g/mol. The predicted molar refractivity (Wildman–Crippen MR) is 75.9 cm³/mol. The van der Waals surface area contributed by atoms with Crippen LogP contribution >= 0.6 is 0 Å². The third-order valence-corrected chi connectivity index (χ3v) is 4.20. The van der Waals surface area contributed by atoms with E-state index < -0.39 is 0 Å². The van der Waals surface area contributed by atoms with Crippen molar-refractivity contribution in [3.63, 3.8) is 0 Å². The van der Waals surface area contributed by atoms with Crippen molar-refractivity contribution in [3.05, 3.63) is 16.8 Å². The number of nitriles is 1. The number of nitrogens with zero attached hydrogens (tertiary/aromatic N) is 2. The largest absolute Gasteiger partial charge is 0.384 e. The van der Waals surface area contributed by atoms with E-state index in [-0.39, 0.29) is 0 Å². The molecule has 0 aromatic carbocycles. The van der Waals surface area contributed by atoms with Gasteiger partial charge in [-0.05, 0) is 32.3 Å². The van der Waals surface area contributed by atoms with Crippen LogP contribution in [0.1, 0.15) is 48.9 Å². The minimum atomic E-state index is 0.419. The van der Waals surface area contributed by atoms with E-state index in [0.29, 0.717) is 24.1 Å². The highest BCUT2D eigenvalue weighted by Gasteiger charge is 2.16. The Kier molecular flexibility index (Phi) is 4.49. The van der Waals surface area contributed by atoms with Crippen LogP contribution in [0.15, 0.2) is 0 Å². The van der Waals surface area contributed by atoms with Gasteiger partial charge in [-0.25, -0.2) is 0 Å². The van der Waals surface area contributed by atoms with E-state index in [2.05, 4.69) is 6.07 Å². The fourth-order valence-corrected chi connectivity index (χ4v) is 2.86. The maximum atomic E-state index is 9.09. The first kappa shape index (κ1) is 14.0. The van der Waals surface area contributed by atoms with Crippen molar-refractivity contribution in [3.8, 4) is 6.07 Å². The molecule has 0 unspecified atom stereocenters. The van der Waals surface area contributed by atoms with Crippen LogP contribution < -0.4 is 5.73 Å². The summed E-state index contributed by atoms with van der Waals surface area (Å²) in [5, 5.41) is 9.09. The average Bonchev–Trinajstić information content (AvgIpc) is 2.63. The van der Waals surface area contributed by atoms with Gasteiger partial charge in [0.2, 0.25) is 0 Å². The minimum absolute atomic E-state index is 0.419. The Balaban J connectivity index is 1.94. The van der Waals surface area contributed by atoms with Crippen molar-refractivity contribution < 1.29 is 4.74 Å². The average molecular weight is 261 g/mol. The van der Waals surface area contributed by atoms with E-state index in [4.69, 9.17) is 15.7 Å². The number of hydrogen-bond acceptors (Lipinski definition) is 3. The lowest BCUT2D eigenvalue weighted by molar-refractivity contribution is 0.0241. The molecular formula is C15H23N3O. The van der Waals surface area contributed by atoms with Crippen LogP contribution in [-0.4, -0.2) is 17.3 Å². The fraction of sp³-hybridized carbons (Fsp3) is 0.667. The minimum Gasteiger partial charge on any atom is -0.384 e. The first-order chi connectivity index (χ1) is 9.15. The van der Waals surface area contributed by atoms with Crippen LogP contribution in [0.5, 0.6) is 0 Å². The van der Waals surface area contributed by atoms with Crippen molar-refractivity contribution in [2.75, 3.05) is 12.3 Å². The highest BCUT2D eigenvalue weighted by Crippen LogP contribution is 2.24. The summed E-state index contributed by atoms with van der Waals surface area (Å²) in [7, 11) is 0. The van der Waals surface area contributed by atoms with Gasteiger partial charge in [0, 0.05) is 12.2 Å².